The molecule has 24 heavy (non-hydrogen) atoms. The molecule has 0 unspecified atom stereocenters. The number of benzene rings is 1. The highest BCUT2D eigenvalue weighted by atomic mass is 32.1. The minimum absolute atomic E-state index is 0.0263. The van der Waals surface area contributed by atoms with Crippen molar-refractivity contribution in [3.8, 4) is 0 Å². The van der Waals surface area contributed by atoms with Gasteiger partial charge in [-0.25, -0.2) is 0 Å². The summed E-state index contributed by atoms with van der Waals surface area (Å²) in [5.74, 6) is 0.672. The minimum Gasteiger partial charge on any atom is -0.338 e. The molecule has 1 atom stereocenters. The molecule has 4 heteroatoms. The highest BCUT2D eigenvalue weighted by Gasteiger charge is 2.25. The van der Waals surface area contributed by atoms with Crippen LogP contribution in [-0.4, -0.2) is 29.7 Å². The number of carbonyl (C=O) groups excluding carboxylic acids is 2. The van der Waals surface area contributed by atoms with Crippen molar-refractivity contribution >= 4 is 23.0 Å². The van der Waals surface area contributed by atoms with Crippen molar-refractivity contribution in [1.82, 2.24) is 4.90 Å². The van der Waals surface area contributed by atoms with E-state index in [1.54, 1.807) is 19.1 Å². The van der Waals surface area contributed by atoms with Crippen molar-refractivity contribution in [2.45, 2.75) is 32.6 Å². The zero-order chi connectivity index (χ0) is 16.9. The Balaban J connectivity index is 1.58. The molecule has 0 N–H and O–H groups in total. The molecule has 0 bridgehead atoms. The van der Waals surface area contributed by atoms with Crippen LogP contribution in [0.1, 0.15) is 51.1 Å². The van der Waals surface area contributed by atoms with Gasteiger partial charge in [0, 0.05) is 13.1 Å². The fourth-order valence-corrected chi connectivity index (χ4v) is 4.17. The number of carbonyl (C=O) groups is 2. The average molecular weight is 341 g/mol. The molecule has 3 rings (SSSR count). The molecular weight excluding hydrogens is 318 g/mol. The first-order valence-corrected chi connectivity index (χ1v) is 9.39. The summed E-state index contributed by atoms with van der Waals surface area (Å²) in [6.45, 7) is 3.20. The van der Waals surface area contributed by atoms with Gasteiger partial charge in [0.2, 0.25) is 0 Å². The van der Waals surface area contributed by atoms with Crippen LogP contribution < -0.4 is 0 Å². The number of nitrogens with zero attached hydrogens (tertiary/aromatic N) is 1. The summed E-state index contributed by atoms with van der Waals surface area (Å²) in [6, 6.07) is 14.1. The number of thiophene rings is 1. The van der Waals surface area contributed by atoms with Crippen LogP contribution in [-0.2, 0) is 6.42 Å². The lowest BCUT2D eigenvalue weighted by atomic mass is 9.91. The topological polar surface area (TPSA) is 37.4 Å². The summed E-state index contributed by atoms with van der Waals surface area (Å²) in [5, 5.41) is 0. The standard InChI is InChI=1S/C20H23NO2S/c1-15(22)18-11-12-19(24-18)20(23)21-13-5-8-17(14-21)10-9-16-6-3-2-4-7-16/h2-4,6-7,11-12,17H,5,8-10,13-14H2,1H3/t17-/m0/s1. The van der Waals surface area contributed by atoms with Gasteiger partial charge in [-0.15, -0.1) is 11.3 Å². The van der Waals surface area contributed by atoms with Crippen molar-refractivity contribution in [3.05, 3.63) is 57.8 Å². The second-order valence-corrected chi connectivity index (χ2v) is 7.59. The molecule has 126 valence electrons. The van der Waals surface area contributed by atoms with E-state index in [1.807, 2.05) is 11.0 Å². The number of likely N-dealkylation sites (tertiary alicyclic amines) is 1. The Hall–Kier alpha value is -1.94. The van der Waals surface area contributed by atoms with Gasteiger partial charge < -0.3 is 4.90 Å². The van der Waals surface area contributed by atoms with Crippen LogP contribution in [0.5, 0.6) is 0 Å². The maximum Gasteiger partial charge on any atom is 0.263 e. The third-order valence-corrected chi connectivity index (χ3v) is 5.83. The number of amides is 1. The van der Waals surface area contributed by atoms with Crippen molar-refractivity contribution in [3.63, 3.8) is 0 Å². The molecule has 0 saturated carbocycles. The number of hydrogen-bond acceptors (Lipinski definition) is 3. The Morgan fingerprint density at radius 2 is 1.88 bits per heavy atom. The Morgan fingerprint density at radius 3 is 2.58 bits per heavy atom. The lowest BCUT2D eigenvalue weighted by Crippen LogP contribution is -2.39. The van der Waals surface area contributed by atoms with Crippen molar-refractivity contribution in [1.29, 1.82) is 0 Å². The number of hydrogen-bond donors (Lipinski definition) is 0. The summed E-state index contributed by atoms with van der Waals surface area (Å²) in [7, 11) is 0. The Labute approximate surface area is 147 Å². The molecule has 2 aromatic rings. The summed E-state index contributed by atoms with van der Waals surface area (Å²) in [4.78, 5) is 27.4. The first kappa shape index (κ1) is 16.9. The molecule has 3 nitrogen and oxygen atoms in total. The summed E-state index contributed by atoms with van der Waals surface area (Å²) >= 11 is 1.31. The molecule has 0 radical (unpaired) electrons. The van der Waals surface area contributed by atoms with Gasteiger partial charge in [-0.05, 0) is 56.2 Å². The number of Topliss-reactive ketones (excluding diaryl/α,β-unsaturated/α-hetero) is 1. The van der Waals surface area contributed by atoms with E-state index < -0.39 is 0 Å². The molecular formula is C20H23NO2S. The van der Waals surface area contributed by atoms with E-state index >= 15 is 0 Å². The third kappa shape index (κ3) is 4.12. The third-order valence-electron chi connectivity index (χ3n) is 4.65. The quantitative estimate of drug-likeness (QED) is 0.754. The lowest BCUT2D eigenvalue weighted by molar-refractivity contribution is 0.0673. The summed E-state index contributed by atoms with van der Waals surface area (Å²) in [6.07, 6.45) is 4.45. The molecule has 1 aliphatic rings. The van der Waals surface area contributed by atoms with Gasteiger partial charge in [0.15, 0.2) is 5.78 Å². The molecule has 1 aromatic heterocycles. The predicted octanol–water partition coefficient (Wildman–Crippen LogP) is 4.44. The van der Waals surface area contributed by atoms with E-state index in [4.69, 9.17) is 0 Å². The second kappa shape index (κ2) is 7.75. The minimum atomic E-state index is 0.0263. The van der Waals surface area contributed by atoms with Gasteiger partial charge in [-0.3, -0.25) is 9.59 Å². The molecule has 1 aromatic carbocycles. The fraction of sp³-hybridized carbons (Fsp3) is 0.400. The van der Waals surface area contributed by atoms with Crippen LogP contribution in [0.2, 0.25) is 0 Å². The smallest absolute Gasteiger partial charge is 0.263 e. The largest absolute Gasteiger partial charge is 0.338 e. The Bertz CT molecular complexity index is 707. The van der Waals surface area contributed by atoms with Crippen LogP contribution >= 0.6 is 11.3 Å². The second-order valence-electron chi connectivity index (χ2n) is 6.50. The van der Waals surface area contributed by atoms with Crippen LogP contribution in [0.15, 0.2) is 42.5 Å². The van der Waals surface area contributed by atoms with Crippen LogP contribution in [0.25, 0.3) is 0 Å². The van der Waals surface area contributed by atoms with Crippen molar-refractivity contribution in [2.24, 2.45) is 5.92 Å². The predicted molar refractivity (Wildman–Crippen MR) is 97.7 cm³/mol. The van der Waals surface area contributed by atoms with Gasteiger partial charge >= 0.3 is 0 Å². The van der Waals surface area contributed by atoms with E-state index in [1.165, 1.54) is 23.3 Å². The van der Waals surface area contributed by atoms with Gasteiger partial charge in [0.25, 0.3) is 5.91 Å². The zero-order valence-electron chi connectivity index (χ0n) is 14.0. The van der Waals surface area contributed by atoms with Crippen LogP contribution in [0, 0.1) is 5.92 Å². The maximum atomic E-state index is 12.7. The first-order chi connectivity index (χ1) is 11.6. The van der Waals surface area contributed by atoms with Gasteiger partial charge in [0.1, 0.15) is 0 Å². The first-order valence-electron chi connectivity index (χ1n) is 8.57. The maximum absolute atomic E-state index is 12.7. The summed E-state index contributed by atoms with van der Waals surface area (Å²) < 4.78 is 0. The van der Waals surface area contributed by atoms with Gasteiger partial charge in [0.05, 0.1) is 9.75 Å². The van der Waals surface area contributed by atoms with Crippen molar-refractivity contribution < 1.29 is 9.59 Å². The molecule has 0 aliphatic carbocycles. The number of rotatable bonds is 5. The lowest BCUT2D eigenvalue weighted by Gasteiger charge is -2.32. The SMILES string of the molecule is CC(=O)c1ccc(C(=O)N2CCC[C@@H](CCc3ccccc3)C2)s1. The number of ketones is 1. The zero-order valence-corrected chi connectivity index (χ0v) is 14.8. The van der Waals surface area contributed by atoms with E-state index in [9.17, 15) is 9.59 Å². The Morgan fingerprint density at radius 1 is 1.12 bits per heavy atom. The number of piperidine rings is 1. The van der Waals surface area contributed by atoms with E-state index in [-0.39, 0.29) is 11.7 Å². The Kier molecular flexibility index (Phi) is 5.46. The van der Waals surface area contributed by atoms with Gasteiger partial charge in [-0.1, -0.05) is 30.3 Å². The average Bonchev–Trinajstić information content (AvgIpc) is 3.11. The van der Waals surface area contributed by atoms with Crippen molar-refractivity contribution in [2.75, 3.05) is 13.1 Å². The highest BCUT2D eigenvalue weighted by molar-refractivity contribution is 7.15. The number of aryl methyl sites for hydroxylation is 1. The molecule has 0 spiro atoms. The molecule has 1 fully saturated rings. The molecule has 1 saturated heterocycles. The normalized spacial score (nSPS) is 17.7. The molecule has 1 amide bonds. The molecule has 2 heterocycles. The van der Waals surface area contributed by atoms with Crippen LogP contribution in [0.4, 0.5) is 0 Å². The van der Waals surface area contributed by atoms with Gasteiger partial charge in [-0.2, -0.15) is 0 Å². The monoisotopic (exact) mass is 341 g/mol. The fourth-order valence-electron chi connectivity index (χ4n) is 3.30. The molecule has 1 aliphatic heterocycles. The summed E-state index contributed by atoms with van der Waals surface area (Å²) in [5.41, 5.74) is 1.37. The van der Waals surface area contributed by atoms with E-state index in [0.29, 0.717) is 15.7 Å². The van der Waals surface area contributed by atoms with E-state index in [0.717, 1.165) is 32.4 Å². The van der Waals surface area contributed by atoms with E-state index in [2.05, 4.69) is 24.3 Å². The van der Waals surface area contributed by atoms with Crippen LogP contribution in [0.3, 0.4) is 0 Å². The highest BCUT2D eigenvalue weighted by Crippen LogP contribution is 2.25.